The largest absolute Gasteiger partial charge is 0.366 e. The summed E-state index contributed by atoms with van der Waals surface area (Å²) in [5.74, 6) is 0. The van der Waals surface area contributed by atoms with Crippen LogP contribution in [0.2, 0.25) is 5.02 Å². The van der Waals surface area contributed by atoms with E-state index in [4.69, 9.17) is 16.9 Å². The van der Waals surface area contributed by atoms with Crippen molar-refractivity contribution in [3.63, 3.8) is 0 Å². The third-order valence-electron chi connectivity index (χ3n) is 2.93. The maximum Gasteiger partial charge on any atom is 0.0642 e. The summed E-state index contributed by atoms with van der Waals surface area (Å²) >= 11 is 9.73. The first-order valence-electron chi connectivity index (χ1n) is 5.74. The van der Waals surface area contributed by atoms with E-state index in [1.165, 1.54) is 18.4 Å². The van der Waals surface area contributed by atoms with Crippen molar-refractivity contribution in [3.05, 3.63) is 28.8 Å². The first-order chi connectivity index (χ1) is 8.26. The number of nitrogens with zero attached hydrogens (tertiary/aromatic N) is 2. The van der Waals surface area contributed by atoms with Crippen LogP contribution in [0.1, 0.15) is 24.8 Å². The van der Waals surface area contributed by atoms with Crippen molar-refractivity contribution in [3.8, 4) is 6.07 Å². The Morgan fingerprint density at radius 2 is 2.24 bits per heavy atom. The number of alkyl halides is 1. The van der Waals surface area contributed by atoms with Gasteiger partial charge in [-0.05, 0) is 30.5 Å². The van der Waals surface area contributed by atoms with Crippen molar-refractivity contribution in [2.24, 2.45) is 0 Å². The first-order valence-corrected chi connectivity index (χ1v) is 7.24. The maximum absolute atomic E-state index is 8.70. The molecule has 1 saturated carbocycles. The Morgan fingerprint density at radius 3 is 2.76 bits per heavy atom. The van der Waals surface area contributed by atoms with Gasteiger partial charge in [0.05, 0.1) is 23.2 Å². The lowest BCUT2D eigenvalue weighted by Gasteiger charge is -2.25. The van der Waals surface area contributed by atoms with E-state index in [1.807, 2.05) is 6.07 Å². The van der Waals surface area contributed by atoms with E-state index in [0.29, 0.717) is 12.5 Å². The van der Waals surface area contributed by atoms with Crippen molar-refractivity contribution in [2.45, 2.75) is 30.6 Å². The third kappa shape index (κ3) is 3.14. The van der Waals surface area contributed by atoms with Crippen LogP contribution < -0.4 is 4.90 Å². The number of anilines is 1. The van der Waals surface area contributed by atoms with Crippen LogP contribution in [-0.4, -0.2) is 12.6 Å². The number of benzene rings is 1. The molecular weight excluding hydrogens is 300 g/mol. The highest BCUT2D eigenvalue weighted by molar-refractivity contribution is 9.08. The third-order valence-corrected chi connectivity index (χ3v) is 3.88. The maximum atomic E-state index is 8.70. The zero-order valence-corrected chi connectivity index (χ0v) is 11.8. The molecule has 0 unspecified atom stereocenters. The first kappa shape index (κ1) is 12.7. The molecule has 2 rings (SSSR count). The molecule has 0 atom stereocenters. The lowest BCUT2D eigenvalue weighted by atomic mass is 10.2. The van der Waals surface area contributed by atoms with Crippen molar-refractivity contribution in [1.29, 1.82) is 5.26 Å². The molecule has 1 aromatic carbocycles. The summed E-state index contributed by atoms with van der Waals surface area (Å²) in [6.07, 6.45) is 2.97. The molecule has 0 N–H and O–H groups in total. The van der Waals surface area contributed by atoms with E-state index in [9.17, 15) is 0 Å². The molecule has 0 heterocycles. The van der Waals surface area contributed by atoms with Crippen molar-refractivity contribution < 1.29 is 0 Å². The van der Waals surface area contributed by atoms with Crippen molar-refractivity contribution >= 4 is 33.2 Å². The van der Waals surface area contributed by atoms with Gasteiger partial charge < -0.3 is 4.90 Å². The van der Waals surface area contributed by atoms with Crippen LogP contribution in [0.25, 0.3) is 0 Å². The summed E-state index contributed by atoms with van der Waals surface area (Å²) in [4.78, 5) is 2.27. The van der Waals surface area contributed by atoms with E-state index < -0.39 is 0 Å². The van der Waals surface area contributed by atoms with E-state index in [0.717, 1.165) is 22.6 Å². The van der Waals surface area contributed by atoms with Gasteiger partial charge in [-0.25, -0.2) is 0 Å². The van der Waals surface area contributed by atoms with Gasteiger partial charge >= 0.3 is 0 Å². The number of hydrogen-bond donors (Lipinski definition) is 0. The highest BCUT2D eigenvalue weighted by Crippen LogP contribution is 2.36. The van der Waals surface area contributed by atoms with Crippen LogP contribution in [0.3, 0.4) is 0 Å². The van der Waals surface area contributed by atoms with Gasteiger partial charge in [0.2, 0.25) is 0 Å². The summed E-state index contributed by atoms with van der Waals surface area (Å²) in [7, 11) is 0. The molecule has 90 valence electrons. The second-order valence-electron chi connectivity index (χ2n) is 4.25. The minimum Gasteiger partial charge on any atom is -0.366 e. The Kier molecular flexibility index (Phi) is 4.31. The Hall–Kier alpha value is -0.720. The van der Waals surface area contributed by atoms with Crippen LogP contribution in [0.4, 0.5) is 5.69 Å². The number of halogens is 2. The smallest absolute Gasteiger partial charge is 0.0642 e. The van der Waals surface area contributed by atoms with E-state index in [2.05, 4.69) is 39.0 Å². The van der Waals surface area contributed by atoms with Gasteiger partial charge in [0.1, 0.15) is 0 Å². The van der Waals surface area contributed by atoms with Gasteiger partial charge in [-0.1, -0.05) is 33.6 Å². The predicted molar refractivity (Wildman–Crippen MR) is 74.7 cm³/mol. The van der Waals surface area contributed by atoms with Crippen LogP contribution in [0.15, 0.2) is 18.2 Å². The lowest BCUT2D eigenvalue weighted by Crippen LogP contribution is -2.26. The van der Waals surface area contributed by atoms with Crippen LogP contribution in [0, 0.1) is 11.3 Å². The lowest BCUT2D eigenvalue weighted by molar-refractivity contribution is 0.793. The Morgan fingerprint density at radius 1 is 1.47 bits per heavy atom. The second-order valence-corrected chi connectivity index (χ2v) is 5.22. The molecule has 0 amide bonds. The number of hydrogen-bond acceptors (Lipinski definition) is 2. The van der Waals surface area contributed by atoms with Crippen LogP contribution >= 0.6 is 27.5 Å². The molecule has 4 heteroatoms. The molecule has 1 fully saturated rings. The van der Waals surface area contributed by atoms with Gasteiger partial charge in [-0.3, -0.25) is 0 Å². The van der Waals surface area contributed by atoms with E-state index in [-0.39, 0.29) is 0 Å². The van der Waals surface area contributed by atoms with Crippen molar-refractivity contribution in [1.82, 2.24) is 0 Å². The quantitative estimate of drug-likeness (QED) is 0.765. The average Bonchev–Trinajstić information content (AvgIpc) is 3.15. The van der Waals surface area contributed by atoms with Gasteiger partial charge in [-0.15, -0.1) is 0 Å². The monoisotopic (exact) mass is 312 g/mol. The molecule has 0 aromatic heterocycles. The fourth-order valence-corrected chi connectivity index (χ4v) is 2.58. The molecule has 1 aromatic rings. The molecule has 1 aliphatic rings. The zero-order valence-electron chi connectivity index (χ0n) is 9.50. The standard InChI is InChI=1S/C13H14BrClN2/c14-9-10-2-5-13(12(15)8-10)17(7-1-6-16)11-3-4-11/h2,5,8,11H,1,3-4,7,9H2. The molecular formula is C13H14BrClN2. The SMILES string of the molecule is N#CCCN(c1ccc(CBr)cc1Cl)C1CC1. The molecule has 0 radical (unpaired) electrons. The molecule has 0 aliphatic heterocycles. The minimum atomic E-state index is 0.549. The minimum absolute atomic E-state index is 0.549. The average molecular weight is 314 g/mol. The summed E-state index contributed by atoms with van der Waals surface area (Å²) in [5, 5.41) is 10.3. The zero-order chi connectivity index (χ0) is 12.3. The molecule has 1 aliphatic carbocycles. The highest BCUT2D eigenvalue weighted by atomic mass is 79.9. The molecule has 2 nitrogen and oxygen atoms in total. The van der Waals surface area contributed by atoms with E-state index >= 15 is 0 Å². The summed E-state index contributed by atoms with van der Waals surface area (Å²) < 4.78 is 0. The molecule has 0 saturated heterocycles. The normalized spacial score (nSPS) is 14.4. The Labute approximate surface area is 115 Å². The second kappa shape index (κ2) is 5.75. The summed E-state index contributed by atoms with van der Waals surface area (Å²) in [6.45, 7) is 0.772. The highest BCUT2D eigenvalue weighted by Gasteiger charge is 2.29. The fraction of sp³-hybridized carbons (Fsp3) is 0.462. The summed E-state index contributed by atoms with van der Waals surface area (Å²) in [5.41, 5.74) is 2.24. The van der Waals surface area contributed by atoms with Gasteiger partial charge in [0, 0.05) is 17.9 Å². The van der Waals surface area contributed by atoms with E-state index in [1.54, 1.807) is 0 Å². The Bertz CT molecular complexity index is 438. The number of rotatable bonds is 5. The Balaban J connectivity index is 2.20. The molecule has 0 spiro atoms. The molecule has 0 bridgehead atoms. The fourth-order valence-electron chi connectivity index (χ4n) is 1.92. The van der Waals surface area contributed by atoms with Gasteiger partial charge in [0.15, 0.2) is 0 Å². The van der Waals surface area contributed by atoms with Gasteiger partial charge in [0.25, 0.3) is 0 Å². The van der Waals surface area contributed by atoms with Gasteiger partial charge in [-0.2, -0.15) is 5.26 Å². The number of nitriles is 1. The topological polar surface area (TPSA) is 27.0 Å². The molecule has 17 heavy (non-hydrogen) atoms. The van der Waals surface area contributed by atoms with Crippen LogP contribution in [0.5, 0.6) is 0 Å². The summed E-state index contributed by atoms with van der Waals surface area (Å²) in [6, 6.07) is 8.92. The van der Waals surface area contributed by atoms with Crippen LogP contribution in [-0.2, 0) is 5.33 Å². The van der Waals surface area contributed by atoms with Crippen molar-refractivity contribution in [2.75, 3.05) is 11.4 Å². The predicted octanol–water partition coefficient (Wildman–Crippen LogP) is 4.12.